The molecule has 20 heavy (non-hydrogen) atoms. The van der Waals surface area contributed by atoms with Gasteiger partial charge in [-0.15, -0.1) is 0 Å². The first-order valence-corrected chi connectivity index (χ1v) is 9.83. The fourth-order valence-corrected chi connectivity index (χ4v) is 15.8. The van der Waals surface area contributed by atoms with Crippen LogP contribution < -0.4 is 5.30 Å². The van der Waals surface area contributed by atoms with Crippen LogP contribution >= 0.6 is 7.26 Å². The van der Waals surface area contributed by atoms with Gasteiger partial charge in [0.15, 0.2) is 0 Å². The number of aryl methyl sites for hydroxylation is 1. The Labute approximate surface area is 127 Å². The van der Waals surface area contributed by atoms with Crippen LogP contribution in [0, 0.1) is 6.92 Å². The van der Waals surface area contributed by atoms with E-state index < -0.39 is 7.26 Å². The standard InChI is InChI=1S/C19H35P/c1-15-13-11-12-14-16(15)20(17(2,3)4,18(5,6)7)19(8,9)10/h11-14,20H,1-10H3. The molecular formula is C19H35P. The summed E-state index contributed by atoms with van der Waals surface area (Å²) in [5, 5.41) is 2.59. The first-order chi connectivity index (χ1) is 8.77. The Morgan fingerprint density at radius 2 is 1.00 bits per heavy atom. The van der Waals surface area contributed by atoms with Crippen LogP contribution in [0.5, 0.6) is 0 Å². The molecule has 0 saturated heterocycles. The molecule has 0 radical (unpaired) electrons. The maximum atomic E-state index is 2.46. The molecule has 0 aromatic heterocycles. The minimum absolute atomic E-state index is 0.315. The van der Waals surface area contributed by atoms with Crippen molar-refractivity contribution in [3.05, 3.63) is 29.8 Å². The van der Waals surface area contributed by atoms with Crippen LogP contribution in [0.2, 0.25) is 0 Å². The van der Waals surface area contributed by atoms with Crippen molar-refractivity contribution in [1.29, 1.82) is 0 Å². The molecule has 0 amide bonds. The third kappa shape index (κ3) is 2.57. The molecule has 0 aliphatic heterocycles. The minimum atomic E-state index is -1.82. The average Bonchev–Trinajstić information content (AvgIpc) is 2.14. The third-order valence-corrected chi connectivity index (χ3v) is 13.0. The second-order valence-electron chi connectivity index (χ2n) is 9.31. The summed E-state index contributed by atoms with van der Waals surface area (Å²) >= 11 is 0. The summed E-state index contributed by atoms with van der Waals surface area (Å²) in [7, 11) is -1.82. The second kappa shape index (κ2) is 5.13. The van der Waals surface area contributed by atoms with Crippen LogP contribution in [0.25, 0.3) is 0 Å². The van der Waals surface area contributed by atoms with Gasteiger partial charge in [-0.1, -0.05) is 0 Å². The van der Waals surface area contributed by atoms with Crippen molar-refractivity contribution in [3.8, 4) is 0 Å². The van der Waals surface area contributed by atoms with Gasteiger partial charge in [-0.05, 0) is 0 Å². The van der Waals surface area contributed by atoms with Crippen LogP contribution in [-0.4, -0.2) is 15.5 Å². The van der Waals surface area contributed by atoms with E-state index in [0.717, 1.165) is 0 Å². The van der Waals surface area contributed by atoms with Crippen molar-refractivity contribution < 1.29 is 0 Å². The fraction of sp³-hybridized carbons (Fsp3) is 0.684. The van der Waals surface area contributed by atoms with E-state index in [1.54, 1.807) is 5.30 Å². The summed E-state index contributed by atoms with van der Waals surface area (Å²) in [5.74, 6) is 0. The Hall–Kier alpha value is -0.350. The van der Waals surface area contributed by atoms with Crippen LogP contribution in [0.3, 0.4) is 0 Å². The topological polar surface area (TPSA) is 0 Å². The van der Waals surface area contributed by atoms with E-state index in [-0.39, 0.29) is 0 Å². The SMILES string of the molecule is Cc1ccccc1[PH](C(C)(C)C)(C(C)(C)C)C(C)(C)C. The molecule has 0 unspecified atom stereocenters. The van der Waals surface area contributed by atoms with Crippen molar-refractivity contribution in [2.75, 3.05) is 0 Å². The van der Waals surface area contributed by atoms with E-state index in [1.807, 2.05) is 0 Å². The number of hydrogen-bond donors (Lipinski definition) is 0. The van der Waals surface area contributed by atoms with Crippen LogP contribution in [0.1, 0.15) is 67.9 Å². The van der Waals surface area contributed by atoms with Gasteiger partial charge in [-0.25, -0.2) is 0 Å². The molecule has 0 saturated carbocycles. The molecule has 1 aromatic rings. The molecule has 0 nitrogen and oxygen atoms in total. The van der Waals surface area contributed by atoms with Gasteiger partial charge in [0.25, 0.3) is 0 Å². The summed E-state index contributed by atoms with van der Waals surface area (Å²) in [5.41, 5.74) is 1.47. The molecule has 1 heteroatoms. The van der Waals surface area contributed by atoms with E-state index in [1.165, 1.54) is 5.56 Å². The Morgan fingerprint density at radius 1 is 0.650 bits per heavy atom. The quantitative estimate of drug-likeness (QED) is 0.577. The van der Waals surface area contributed by atoms with Crippen LogP contribution in [0.4, 0.5) is 0 Å². The number of benzene rings is 1. The zero-order valence-electron chi connectivity index (χ0n) is 15.3. The van der Waals surface area contributed by atoms with E-state index in [9.17, 15) is 0 Å². The van der Waals surface area contributed by atoms with Crippen LogP contribution in [-0.2, 0) is 0 Å². The predicted octanol–water partition coefficient (Wildman–Crippen LogP) is 5.77. The first-order valence-electron chi connectivity index (χ1n) is 7.83. The van der Waals surface area contributed by atoms with Gasteiger partial charge >= 0.3 is 127 Å². The molecule has 1 rings (SSSR count). The molecule has 0 heterocycles. The zero-order valence-corrected chi connectivity index (χ0v) is 16.3. The van der Waals surface area contributed by atoms with Crippen molar-refractivity contribution in [3.63, 3.8) is 0 Å². The number of hydrogen-bond acceptors (Lipinski definition) is 0. The van der Waals surface area contributed by atoms with Gasteiger partial charge in [-0.2, -0.15) is 0 Å². The van der Waals surface area contributed by atoms with Crippen molar-refractivity contribution in [1.82, 2.24) is 0 Å². The van der Waals surface area contributed by atoms with Gasteiger partial charge in [0.2, 0.25) is 0 Å². The molecule has 0 bridgehead atoms. The van der Waals surface area contributed by atoms with E-state index in [0.29, 0.717) is 15.5 Å². The Balaban J connectivity index is 3.88. The van der Waals surface area contributed by atoms with Crippen molar-refractivity contribution in [2.24, 2.45) is 0 Å². The molecule has 0 fully saturated rings. The molecule has 0 aliphatic carbocycles. The van der Waals surface area contributed by atoms with Gasteiger partial charge < -0.3 is 0 Å². The Bertz CT molecular complexity index is 428. The normalized spacial score (nSPS) is 15.3. The van der Waals surface area contributed by atoms with Gasteiger partial charge in [-0.3, -0.25) is 0 Å². The van der Waals surface area contributed by atoms with Gasteiger partial charge in [0.05, 0.1) is 0 Å². The summed E-state index contributed by atoms with van der Waals surface area (Å²) in [6.45, 7) is 24.4. The van der Waals surface area contributed by atoms with Crippen LogP contribution in [0.15, 0.2) is 24.3 Å². The summed E-state index contributed by atoms with van der Waals surface area (Å²) in [6.07, 6.45) is 0. The van der Waals surface area contributed by atoms with E-state index in [4.69, 9.17) is 0 Å². The third-order valence-electron chi connectivity index (χ3n) is 4.92. The molecule has 0 spiro atoms. The fourth-order valence-electron chi connectivity index (χ4n) is 5.58. The average molecular weight is 294 g/mol. The zero-order chi connectivity index (χ0) is 16.0. The van der Waals surface area contributed by atoms with Gasteiger partial charge in [0, 0.05) is 0 Å². The maximum absolute atomic E-state index is 2.46. The number of rotatable bonds is 1. The Morgan fingerprint density at radius 3 is 1.30 bits per heavy atom. The van der Waals surface area contributed by atoms with E-state index in [2.05, 4.69) is 93.5 Å². The molecule has 0 atom stereocenters. The Kier molecular flexibility index (Phi) is 4.54. The molecule has 0 N–H and O–H groups in total. The predicted molar refractivity (Wildman–Crippen MR) is 98.4 cm³/mol. The van der Waals surface area contributed by atoms with Crippen molar-refractivity contribution >= 4 is 12.6 Å². The monoisotopic (exact) mass is 294 g/mol. The van der Waals surface area contributed by atoms with Gasteiger partial charge in [0.1, 0.15) is 0 Å². The second-order valence-corrected chi connectivity index (χ2v) is 15.9. The molecule has 1 aromatic carbocycles. The summed E-state index contributed by atoms with van der Waals surface area (Å²) in [6, 6.07) is 9.10. The molecule has 0 aliphatic rings. The summed E-state index contributed by atoms with van der Waals surface area (Å²) < 4.78 is 0. The molecular weight excluding hydrogens is 259 g/mol. The van der Waals surface area contributed by atoms with Crippen molar-refractivity contribution in [2.45, 2.75) is 84.7 Å². The molecule has 116 valence electrons. The first kappa shape index (κ1) is 17.7. The van der Waals surface area contributed by atoms with E-state index >= 15 is 0 Å². The summed E-state index contributed by atoms with van der Waals surface area (Å²) in [4.78, 5) is 0.